The lowest BCUT2D eigenvalue weighted by Crippen LogP contribution is -2.03. The summed E-state index contributed by atoms with van der Waals surface area (Å²) in [6, 6.07) is 18.8. The van der Waals surface area contributed by atoms with Gasteiger partial charge >= 0.3 is 0 Å². The quantitative estimate of drug-likeness (QED) is 0.680. The minimum atomic E-state index is -0.168. The SMILES string of the molecule is O=C1Cc2cc(-c3ccccc3)ccc2Sc2cc(O)cc(O)c21. The number of phenols is 2. The molecule has 2 N–H and O–H groups in total. The third kappa shape index (κ3) is 2.55. The molecule has 0 saturated heterocycles. The molecule has 0 amide bonds. The number of ketones is 1. The van der Waals surface area contributed by atoms with Crippen molar-refractivity contribution in [2.45, 2.75) is 16.2 Å². The van der Waals surface area contributed by atoms with E-state index in [2.05, 4.69) is 0 Å². The Balaban J connectivity index is 1.82. The summed E-state index contributed by atoms with van der Waals surface area (Å²) in [5, 5.41) is 19.8. The van der Waals surface area contributed by atoms with Gasteiger partial charge in [0.05, 0.1) is 5.56 Å². The van der Waals surface area contributed by atoms with Gasteiger partial charge in [-0.15, -0.1) is 0 Å². The summed E-state index contributed by atoms with van der Waals surface area (Å²) >= 11 is 1.40. The Labute approximate surface area is 143 Å². The molecule has 3 aromatic carbocycles. The number of benzene rings is 3. The largest absolute Gasteiger partial charge is 0.508 e. The fraction of sp³-hybridized carbons (Fsp3) is 0.0500. The van der Waals surface area contributed by atoms with Crippen LogP contribution >= 0.6 is 11.8 Å². The van der Waals surface area contributed by atoms with Crippen LogP contribution in [0.25, 0.3) is 11.1 Å². The molecule has 0 fully saturated rings. The molecule has 0 unspecified atom stereocenters. The van der Waals surface area contributed by atoms with E-state index in [1.165, 1.54) is 23.9 Å². The van der Waals surface area contributed by atoms with Crippen molar-refractivity contribution >= 4 is 17.5 Å². The van der Waals surface area contributed by atoms with Crippen LogP contribution in [0.15, 0.2) is 70.5 Å². The first-order valence-corrected chi connectivity index (χ1v) is 8.39. The molecule has 0 bridgehead atoms. The molecule has 4 rings (SSSR count). The first-order chi connectivity index (χ1) is 11.6. The Morgan fingerprint density at radius 1 is 0.833 bits per heavy atom. The minimum absolute atomic E-state index is 0.0455. The average Bonchev–Trinajstić information content (AvgIpc) is 2.70. The highest BCUT2D eigenvalue weighted by Crippen LogP contribution is 2.43. The number of hydrogen-bond donors (Lipinski definition) is 2. The van der Waals surface area contributed by atoms with E-state index in [0.717, 1.165) is 21.6 Å². The molecule has 0 aliphatic carbocycles. The normalized spacial score (nSPS) is 13.1. The van der Waals surface area contributed by atoms with Crippen LogP contribution in [0.5, 0.6) is 11.5 Å². The van der Waals surface area contributed by atoms with Gasteiger partial charge in [0.1, 0.15) is 11.5 Å². The van der Waals surface area contributed by atoms with Crippen molar-refractivity contribution in [3.05, 3.63) is 71.8 Å². The van der Waals surface area contributed by atoms with Gasteiger partial charge in [-0.25, -0.2) is 0 Å². The Kier molecular flexibility index (Phi) is 3.54. The highest BCUT2D eigenvalue weighted by Gasteiger charge is 2.24. The Hall–Kier alpha value is -2.72. The number of fused-ring (bicyclic) bond motifs is 2. The van der Waals surface area contributed by atoms with Gasteiger partial charge in [0, 0.05) is 22.3 Å². The molecule has 1 heterocycles. The van der Waals surface area contributed by atoms with E-state index in [9.17, 15) is 15.0 Å². The summed E-state index contributed by atoms with van der Waals surface area (Å²) in [7, 11) is 0. The smallest absolute Gasteiger partial charge is 0.172 e. The van der Waals surface area contributed by atoms with Gasteiger partial charge in [0.15, 0.2) is 5.78 Å². The summed E-state index contributed by atoms with van der Waals surface area (Å²) in [5.74, 6) is -0.353. The van der Waals surface area contributed by atoms with Gasteiger partial charge in [0.2, 0.25) is 0 Å². The highest BCUT2D eigenvalue weighted by atomic mass is 32.2. The molecule has 3 nitrogen and oxygen atoms in total. The highest BCUT2D eigenvalue weighted by molar-refractivity contribution is 7.99. The van der Waals surface area contributed by atoms with E-state index in [1.807, 2.05) is 48.5 Å². The van der Waals surface area contributed by atoms with Gasteiger partial charge < -0.3 is 10.2 Å². The number of carbonyl (C=O) groups is 1. The van der Waals surface area contributed by atoms with Crippen LogP contribution in [0.1, 0.15) is 15.9 Å². The predicted molar refractivity (Wildman–Crippen MR) is 93.8 cm³/mol. The topological polar surface area (TPSA) is 57.5 Å². The third-order valence-corrected chi connectivity index (χ3v) is 5.24. The molecule has 0 radical (unpaired) electrons. The van der Waals surface area contributed by atoms with Crippen LogP contribution in [-0.4, -0.2) is 16.0 Å². The number of rotatable bonds is 1. The number of hydrogen-bond acceptors (Lipinski definition) is 4. The number of phenolic OH excluding ortho intramolecular Hbond substituents is 2. The average molecular weight is 334 g/mol. The van der Waals surface area contributed by atoms with Crippen LogP contribution in [0, 0.1) is 0 Å². The Bertz CT molecular complexity index is 949. The summed E-state index contributed by atoms with van der Waals surface area (Å²) in [5.41, 5.74) is 3.37. The Morgan fingerprint density at radius 2 is 1.62 bits per heavy atom. The predicted octanol–water partition coefficient (Wildman–Crippen LogP) is 4.65. The van der Waals surface area contributed by atoms with E-state index in [1.54, 1.807) is 0 Å². The van der Waals surface area contributed by atoms with Gasteiger partial charge in [0.25, 0.3) is 0 Å². The van der Waals surface area contributed by atoms with Gasteiger partial charge in [-0.2, -0.15) is 0 Å². The van der Waals surface area contributed by atoms with E-state index in [0.29, 0.717) is 4.90 Å². The van der Waals surface area contributed by atoms with Gasteiger partial charge in [-0.1, -0.05) is 48.2 Å². The van der Waals surface area contributed by atoms with Gasteiger partial charge in [-0.05, 0) is 34.9 Å². The van der Waals surface area contributed by atoms with Crippen LogP contribution in [-0.2, 0) is 6.42 Å². The second-order valence-electron chi connectivity index (χ2n) is 5.73. The maximum absolute atomic E-state index is 12.6. The summed E-state index contributed by atoms with van der Waals surface area (Å²) < 4.78 is 0. The molecule has 3 aromatic rings. The van der Waals surface area contributed by atoms with Crippen molar-refractivity contribution < 1.29 is 15.0 Å². The molecule has 0 aromatic heterocycles. The minimum Gasteiger partial charge on any atom is -0.508 e. The second kappa shape index (κ2) is 5.73. The maximum atomic E-state index is 12.6. The standard InChI is InChI=1S/C20H14O3S/c21-15-10-17(23)20-16(22)9-14-8-13(12-4-2-1-3-5-12)6-7-18(14)24-19(20)11-15/h1-8,10-11,21,23H,9H2. The molecular formula is C20H14O3S. The van der Waals surface area contributed by atoms with Crippen molar-refractivity contribution in [3.8, 4) is 22.6 Å². The first-order valence-electron chi connectivity index (χ1n) is 7.57. The molecule has 118 valence electrons. The van der Waals surface area contributed by atoms with Crippen LogP contribution in [0.4, 0.5) is 0 Å². The van der Waals surface area contributed by atoms with Crippen molar-refractivity contribution in [3.63, 3.8) is 0 Å². The fourth-order valence-electron chi connectivity index (χ4n) is 2.95. The summed E-state index contributed by atoms with van der Waals surface area (Å²) in [6.07, 6.45) is 0.230. The van der Waals surface area contributed by atoms with Crippen molar-refractivity contribution in [2.75, 3.05) is 0 Å². The van der Waals surface area contributed by atoms with Crippen LogP contribution in [0.3, 0.4) is 0 Å². The van der Waals surface area contributed by atoms with E-state index >= 15 is 0 Å². The molecule has 24 heavy (non-hydrogen) atoms. The molecule has 1 aliphatic rings. The second-order valence-corrected chi connectivity index (χ2v) is 6.81. The number of Topliss-reactive ketones (excluding diaryl/α,β-unsaturated/α-hetero) is 1. The first kappa shape index (κ1) is 14.8. The number of carbonyl (C=O) groups excluding carboxylic acids is 1. The molecular weight excluding hydrogens is 320 g/mol. The summed E-state index contributed by atoms with van der Waals surface area (Å²) in [6.45, 7) is 0. The van der Waals surface area contributed by atoms with E-state index in [4.69, 9.17) is 0 Å². The monoisotopic (exact) mass is 334 g/mol. The molecule has 0 spiro atoms. The van der Waals surface area contributed by atoms with Crippen molar-refractivity contribution in [1.29, 1.82) is 0 Å². The van der Waals surface area contributed by atoms with Crippen LogP contribution < -0.4 is 0 Å². The van der Waals surface area contributed by atoms with Gasteiger partial charge in [-0.3, -0.25) is 4.79 Å². The zero-order valence-corrected chi connectivity index (χ0v) is 13.5. The zero-order valence-electron chi connectivity index (χ0n) is 12.7. The maximum Gasteiger partial charge on any atom is 0.172 e. The van der Waals surface area contributed by atoms with E-state index in [-0.39, 0.29) is 29.3 Å². The molecule has 0 atom stereocenters. The molecule has 1 aliphatic heterocycles. The van der Waals surface area contributed by atoms with Crippen LogP contribution in [0.2, 0.25) is 0 Å². The lowest BCUT2D eigenvalue weighted by molar-refractivity contribution is 0.0987. The zero-order chi connectivity index (χ0) is 16.7. The lowest BCUT2D eigenvalue weighted by Gasteiger charge is -2.08. The molecule has 4 heteroatoms. The van der Waals surface area contributed by atoms with E-state index < -0.39 is 0 Å². The van der Waals surface area contributed by atoms with Crippen molar-refractivity contribution in [1.82, 2.24) is 0 Å². The summed E-state index contributed by atoms with van der Waals surface area (Å²) in [4.78, 5) is 14.1. The lowest BCUT2D eigenvalue weighted by atomic mass is 9.98. The fourth-order valence-corrected chi connectivity index (χ4v) is 4.09. The number of aromatic hydroxyl groups is 2. The molecule has 0 saturated carbocycles. The van der Waals surface area contributed by atoms with Crippen molar-refractivity contribution in [2.24, 2.45) is 0 Å². The Morgan fingerprint density at radius 3 is 2.42 bits per heavy atom. The third-order valence-electron chi connectivity index (χ3n) is 4.08.